The molecule has 2 unspecified atom stereocenters. The Bertz CT molecular complexity index is 886. The highest BCUT2D eigenvalue weighted by Gasteiger charge is 2.18. The molecule has 2 atom stereocenters. The van der Waals surface area contributed by atoms with Crippen molar-refractivity contribution in [2.24, 2.45) is 0 Å². The number of rotatable bonds is 52. The number of nitrogens with one attached hydrogen (secondary N) is 1. The SMILES string of the molecule is CCCCCCCCCCCCCCCCCCCCCCCCC/C=C/CC/C=C/C(O)C(CO)NC(=O)CCCCCCCCCCCCCCCCCCCCCC. The molecule has 362 valence electrons. The van der Waals surface area contributed by atoms with Gasteiger partial charge in [-0.3, -0.25) is 4.79 Å². The lowest BCUT2D eigenvalue weighted by atomic mass is 10.0. The van der Waals surface area contributed by atoms with E-state index < -0.39 is 12.1 Å². The first-order valence-electron chi connectivity index (χ1n) is 28.1. The third kappa shape index (κ3) is 49.7. The molecule has 0 aliphatic carbocycles. The van der Waals surface area contributed by atoms with Gasteiger partial charge in [0.05, 0.1) is 18.8 Å². The summed E-state index contributed by atoms with van der Waals surface area (Å²) in [4.78, 5) is 12.4. The quantitative estimate of drug-likeness (QED) is 0.0422. The molecule has 1 amide bonds. The largest absolute Gasteiger partial charge is 0.394 e. The highest BCUT2D eigenvalue weighted by molar-refractivity contribution is 5.76. The fourth-order valence-electron chi connectivity index (χ4n) is 8.90. The summed E-state index contributed by atoms with van der Waals surface area (Å²) in [5.74, 6) is -0.0672. The van der Waals surface area contributed by atoms with Gasteiger partial charge in [-0.05, 0) is 32.1 Å². The van der Waals surface area contributed by atoms with Gasteiger partial charge in [0.25, 0.3) is 0 Å². The van der Waals surface area contributed by atoms with E-state index in [0.717, 1.165) is 32.1 Å². The topological polar surface area (TPSA) is 69.6 Å². The van der Waals surface area contributed by atoms with Crippen molar-refractivity contribution in [1.29, 1.82) is 0 Å². The monoisotopic (exact) mass is 858 g/mol. The number of hydrogen-bond donors (Lipinski definition) is 3. The van der Waals surface area contributed by atoms with E-state index in [1.807, 2.05) is 6.08 Å². The summed E-state index contributed by atoms with van der Waals surface area (Å²) in [5.41, 5.74) is 0. The Balaban J connectivity index is 3.49. The minimum absolute atomic E-state index is 0.0672. The molecule has 3 N–H and O–H groups in total. The molecule has 0 aromatic carbocycles. The highest BCUT2D eigenvalue weighted by atomic mass is 16.3. The Morgan fingerprint density at radius 2 is 0.639 bits per heavy atom. The molecular weight excluding hydrogens is 747 g/mol. The van der Waals surface area contributed by atoms with Crippen LogP contribution in [0.3, 0.4) is 0 Å². The van der Waals surface area contributed by atoms with E-state index in [4.69, 9.17) is 0 Å². The maximum Gasteiger partial charge on any atom is 0.220 e. The van der Waals surface area contributed by atoms with Crippen molar-refractivity contribution in [1.82, 2.24) is 5.32 Å². The first-order chi connectivity index (χ1) is 30.2. The maximum atomic E-state index is 12.4. The van der Waals surface area contributed by atoms with Gasteiger partial charge in [-0.15, -0.1) is 0 Å². The van der Waals surface area contributed by atoms with Crippen molar-refractivity contribution < 1.29 is 15.0 Å². The Kier molecular flexibility index (Phi) is 52.2. The normalized spacial score (nSPS) is 12.9. The molecule has 0 saturated heterocycles. The van der Waals surface area contributed by atoms with E-state index in [-0.39, 0.29) is 12.5 Å². The van der Waals surface area contributed by atoms with Gasteiger partial charge in [-0.25, -0.2) is 0 Å². The van der Waals surface area contributed by atoms with Gasteiger partial charge in [0.15, 0.2) is 0 Å². The first-order valence-corrected chi connectivity index (χ1v) is 28.1. The molecule has 0 aromatic rings. The molecule has 0 rings (SSSR count). The lowest BCUT2D eigenvalue weighted by Crippen LogP contribution is -2.45. The van der Waals surface area contributed by atoms with E-state index in [0.29, 0.717) is 6.42 Å². The zero-order valence-electron chi connectivity index (χ0n) is 41.7. The number of amides is 1. The summed E-state index contributed by atoms with van der Waals surface area (Å²) in [6.45, 7) is 4.34. The van der Waals surface area contributed by atoms with Crippen LogP contribution < -0.4 is 5.32 Å². The molecular formula is C57H111NO3. The van der Waals surface area contributed by atoms with E-state index in [2.05, 4.69) is 31.3 Å². The molecule has 0 radical (unpaired) electrons. The first kappa shape index (κ1) is 59.9. The molecule has 0 aliphatic rings. The zero-order chi connectivity index (χ0) is 44.2. The third-order valence-corrected chi connectivity index (χ3v) is 13.2. The Hall–Kier alpha value is -1.13. The average Bonchev–Trinajstić information content (AvgIpc) is 3.26. The van der Waals surface area contributed by atoms with Crippen LogP contribution in [0.4, 0.5) is 0 Å². The Morgan fingerprint density at radius 3 is 0.951 bits per heavy atom. The molecule has 0 bridgehead atoms. The molecule has 61 heavy (non-hydrogen) atoms. The molecule has 0 spiro atoms. The van der Waals surface area contributed by atoms with Gasteiger partial charge >= 0.3 is 0 Å². The standard InChI is InChI=1S/C57H111NO3/c1-3-5-7-9-11-13-15-17-19-21-23-25-26-27-28-29-30-31-32-33-34-36-38-40-42-44-46-48-50-52-56(60)55(54-59)58-57(61)53-51-49-47-45-43-41-39-37-35-24-22-20-18-16-14-12-10-8-6-4-2/h42,44,50,52,55-56,59-60H,3-41,43,45-49,51,53-54H2,1-2H3,(H,58,61)/b44-42+,52-50+. The van der Waals surface area contributed by atoms with Gasteiger partial charge in [-0.1, -0.05) is 301 Å². The molecule has 0 aliphatic heterocycles. The lowest BCUT2D eigenvalue weighted by molar-refractivity contribution is -0.123. The summed E-state index contributed by atoms with van der Waals surface area (Å²) >= 11 is 0. The minimum Gasteiger partial charge on any atom is -0.394 e. The second kappa shape index (κ2) is 53.2. The van der Waals surface area contributed by atoms with E-state index in [1.54, 1.807) is 6.08 Å². The van der Waals surface area contributed by atoms with Crippen LogP contribution in [0, 0.1) is 0 Å². The summed E-state index contributed by atoms with van der Waals surface area (Å²) in [5, 5.41) is 23.1. The van der Waals surface area contributed by atoms with Crippen molar-refractivity contribution in [3.8, 4) is 0 Å². The van der Waals surface area contributed by atoms with Crippen LogP contribution in [-0.4, -0.2) is 34.9 Å². The van der Waals surface area contributed by atoms with Crippen LogP contribution in [-0.2, 0) is 4.79 Å². The van der Waals surface area contributed by atoms with Crippen molar-refractivity contribution in [2.45, 2.75) is 328 Å². The van der Waals surface area contributed by atoms with Crippen LogP contribution in [0.1, 0.15) is 316 Å². The van der Waals surface area contributed by atoms with Gasteiger partial charge < -0.3 is 15.5 Å². The summed E-state index contributed by atoms with van der Waals surface area (Å²) < 4.78 is 0. The lowest BCUT2D eigenvalue weighted by Gasteiger charge is -2.19. The summed E-state index contributed by atoms with van der Waals surface area (Å²) in [6.07, 6.45) is 70.6. The fraction of sp³-hybridized carbons (Fsp3) is 0.912. The van der Waals surface area contributed by atoms with Crippen molar-refractivity contribution in [3.63, 3.8) is 0 Å². The molecule has 4 nitrogen and oxygen atoms in total. The number of carbonyl (C=O) groups is 1. The Morgan fingerprint density at radius 1 is 0.377 bits per heavy atom. The van der Waals surface area contributed by atoms with Crippen LogP contribution in [0.2, 0.25) is 0 Å². The van der Waals surface area contributed by atoms with Gasteiger partial charge in [0.2, 0.25) is 5.91 Å². The third-order valence-electron chi connectivity index (χ3n) is 13.2. The van der Waals surface area contributed by atoms with Crippen LogP contribution in [0.25, 0.3) is 0 Å². The Labute approximate surface area is 383 Å². The van der Waals surface area contributed by atoms with Crippen LogP contribution in [0.5, 0.6) is 0 Å². The maximum absolute atomic E-state index is 12.4. The number of carbonyl (C=O) groups excluding carboxylic acids is 1. The second-order valence-electron chi connectivity index (χ2n) is 19.4. The predicted molar refractivity (Wildman–Crippen MR) is 272 cm³/mol. The van der Waals surface area contributed by atoms with E-state index in [1.165, 1.54) is 263 Å². The smallest absolute Gasteiger partial charge is 0.220 e. The van der Waals surface area contributed by atoms with Gasteiger partial charge in [-0.2, -0.15) is 0 Å². The van der Waals surface area contributed by atoms with Crippen LogP contribution >= 0.6 is 0 Å². The zero-order valence-corrected chi connectivity index (χ0v) is 41.7. The number of unbranched alkanes of at least 4 members (excludes halogenated alkanes) is 43. The molecule has 0 saturated carbocycles. The molecule has 4 heteroatoms. The number of aliphatic hydroxyl groups excluding tert-OH is 2. The number of hydrogen-bond acceptors (Lipinski definition) is 3. The number of allylic oxidation sites excluding steroid dienone is 3. The van der Waals surface area contributed by atoms with Gasteiger partial charge in [0, 0.05) is 6.42 Å². The fourth-order valence-corrected chi connectivity index (χ4v) is 8.90. The van der Waals surface area contributed by atoms with Crippen LogP contribution in [0.15, 0.2) is 24.3 Å². The molecule has 0 aromatic heterocycles. The number of aliphatic hydroxyl groups is 2. The van der Waals surface area contributed by atoms with Crippen molar-refractivity contribution >= 4 is 5.91 Å². The van der Waals surface area contributed by atoms with Crippen molar-refractivity contribution in [2.75, 3.05) is 6.61 Å². The average molecular weight is 859 g/mol. The molecule has 0 heterocycles. The second-order valence-corrected chi connectivity index (χ2v) is 19.4. The summed E-state index contributed by atoms with van der Waals surface area (Å²) in [7, 11) is 0. The van der Waals surface area contributed by atoms with E-state index >= 15 is 0 Å². The predicted octanol–water partition coefficient (Wildman–Crippen LogP) is 18.3. The summed E-state index contributed by atoms with van der Waals surface area (Å²) in [6, 6.07) is -0.636. The molecule has 0 fully saturated rings. The van der Waals surface area contributed by atoms with E-state index in [9.17, 15) is 15.0 Å². The van der Waals surface area contributed by atoms with Gasteiger partial charge in [0.1, 0.15) is 0 Å². The minimum atomic E-state index is -0.859. The van der Waals surface area contributed by atoms with Crippen molar-refractivity contribution in [3.05, 3.63) is 24.3 Å². The highest BCUT2D eigenvalue weighted by Crippen LogP contribution is 2.18.